The van der Waals surface area contributed by atoms with E-state index in [1.165, 1.54) is 5.56 Å². The number of nitrogens with zero attached hydrogens (tertiary/aromatic N) is 3. The third-order valence-electron chi connectivity index (χ3n) is 4.31. The van der Waals surface area contributed by atoms with Gasteiger partial charge in [0.2, 0.25) is 0 Å². The molecule has 2 heterocycles. The Balaban J connectivity index is 0.00000320. The monoisotopic (exact) mass is 555 g/mol. The van der Waals surface area contributed by atoms with E-state index >= 15 is 0 Å². The van der Waals surface area contributed by atoms with E-state index in [9.17, 15) is 0 Å². The number of thiazole rings is 1. The molecule has 0 bridgehead atoms. The SMILES string of the molecule is CCNC(=NCc1csc(CCc2ccccc2)n1)NCCc1ccc(Cl)nc1.I. The average Bonchev–Trinajstić information content (AvgIpc) is 3.20. The Kier molecular flexibility index (Phi) is 11.1. The van der Waals surface area contributed by atoms with Gasteiger partial charge in [0.15, 0.2) is 5.96 Å². The largest absolute Gasteiger partial charge is 0.357 e. The lowest BCUT2D eigenvalue weighted by atomic mass is 10.1. The van der Waals surface area contributed by atoms with Crippen molar-refractivity contribution in [3.05, 3.63) is 81.0 Å². The lowest BCUT2D eigenvalue weighted by Gasteiger charge is -2.11. The maximum absolute atomic E-state index is 5.83. The van der Waals surface area contributed by atoms with E-state index in [4.69, 9.17) is 16.6 Å². The highest BCUT2D eigenvalue weighted by molar-refractivity contribution is 14.0. The normalized spacial score (nSPS) is 11.1. The zero-order chi connectivity index (χ0) is 20.3. The highest BCUT2D eigenvalue weighted by Crippen LogP contribution is 2.14. The third kappa shape index (κ3) is 8.57. The topological polar surface area (TPSA) is 62.2 Å². The predicted octanol–water partition coefficient (Wildman–Crippen LogP) is 4.89. The number of aliphatic imine (C=N–C) groups is 1. The van der Waals surface area contributed by atoms with Crippen molar-refractivity contribution >= 4 is 52.9 Å². The van der Waals surface area contributed by atoms with Crippen molar-refractivity contribution in [1.82, 2.24) is 20.6 Å². The number of benzene rings is 1. The number of guanidine groups is 1. The van der Waals surface area contributed by atoms with Gasteiger partial charge in [0, 0.05) is 31.1 Å². The molecule has 0 amide bonds. The molecule has 2 aromatic heterocycles. The molecule has 0 saturated carbocycles. The first-order valence-corrected chi connectivity index (χ1v) is 11.1. The lowest BCUT2D eigenvalue weighted by Crippen LogP contribution is -2.38. The van der Waals surface area contributed by atoms with Crippen LogP contribution in [0.15, 0.2) is 59.0 Å². The van der Waals surface area contributed by atoms with Crippen molar-refractivity contribution in [2.75, 3.05) is 13.1 Å². The van der Waals surface area contributed by atoms with Crippen LogP contribution in [-0.2, 0) is 25.8 Å². The molecular formula is C22H27ClIN5S. The summed E-state index contributed by atoms with van der Waals surface area (Å²) in [6, 6.07) is 14.3. The zero-order valence-corrected chi connectivity index (χ0v) is 20.9. The number of aryl methyl sites for hydroxylation is 2. The minimum Gasteiger partial charge on any atom is -0.357 e. The van der Waals surface area contributed by atoms with Crippen LogP contribution in [0.25, 0.3) is 0 Å². The predicted molar refractivity (Wildman–Crippen MR) is 137 cm³/mol. The van der Waals surface area contributed by atoms with Crippen LogP contribution in [0.3, 0.4) is 0 Å². The van der Waals surface area contributed by atoms with Crippen molar-refractivity contribution in [3.8, 4) is 0 Å². The Labute approximate surface area is 204 Å². The number of nitrogens with one attached hydrogen (secondary N) is 2. The minimum absolute atomic E-state index is 0. The van der Waals surface area contributed by atoms with Crippen LogP contribution in [-0.4, -0.2) is 29.0 Å². The molecule has 0 aliphatic rings. The molecule has 0 aliphatic carbocycles. The minimum atomic E-state index is 0. The summed E-state index contributed by atoms with van der Waals surface area (Å²) in [6.45, 7) is 4.22. The third-order valence-corrected chi connectivity index (χ3v) is 5.49. The van der Waals surface area contributed by atoms with Gasteiger partial charge in [0.1, 0.15) is 5.15 Å². The lowest BCUT2D eigenvalue weighted by molar-refractivity contribution is 0.794. The first-order chi connectivity index (χ1) is 14.2. The van der Waals surface area contributed by atoms with Crippen LogP contribution < -0.4 is 10.6 Å². The molecule has 0 fully saturated rings. The van der Waals surface area contributed by atoms with Gasteiger partial charge in [0.05, 0.1) is 17.2 Å². The molecule has 0 radical (unpaired) electrons. The van der Waals surface area contributed by atoms with Gasteiger partial charge >= 0.3 is 0 Å². The Morgan fingerprint density at radius 3 is 2.60 bits per heavy atom. The Morgan fingerprint density at radius 2 is 1.87 bits per heavy atom. The van der Waals surface area contributed by atoms with Crippen LogP contribution >= 0.6 is 46.9 Å². The van der Waals surface area contributed by atoms with E-state index in [0.29, 0.717) is 11.7 Å². The number of hydrogen-bond donors (Lipinski definition) is 2. The first-order valence-electron chi connectivity index (χ1n) is 9.82. The van der Waals surface area contributed by atoms with Crippen LogP contribution in [0.4, 0.5) is 0 Å². The quantitative estimate of drug-likeness (QED) is 0.171. The summed E-state index contributed by atoms with van der Waals surface area (Å²) in [4.78, 5) is 13.5. The van der Waals surface area contributed by atoms with Crippen molar-refractivity contribution in [2.45, 2.75) is 32.7 Å². The molecule has 0 aliphatic heterocycles. The van der Waals surface area contributed by atoms with Gasteiger partial charge in [-0.1, -0.05) is 48.0 Å². The highest BCUT2D eigenvalue weighted by atomic mass is 127. The van der Waals surface area contributed by atoms with Gasteiger partial charge in [-0.3, -0.25) is 0 Å². The molecule has 0 saturated heterocycles. The Hall–Kier alpha value is -1.71. The summed E-state index contributed by atoms with van der Waals surface area (Å²) in [6.07, 6.45) is 4.64. The standard InChI is InChI=1S/C22H26ClN5S.HI/c1-2-24-22(25-13-12-18-8-10-20(23)26-14-18)27-15-19-16-29-21(28-19)11-9-17-6-4-3-5-7-17;/h3-8,10,14,16H,2,9,11-13,15H2,1H3,(H2,24,25,27);1H. The summed E-state index contributed by atoms with van der Waals surface area (Å²) in [5.41, 5.74) is 3.49. The molecule has 30 heavy (non-hydrogen) atoms. The van der Waals surface area contributed by atoms with E-state index in [2.05, 4.69) is 57.2 Å². The molecule has 0 unspecified atom stereocenters. The first kappa shape index (κ1) is 24.6. The van der Waals surface area contributed by atoms with Crippen molar-refractivity contribution in [2.24, 2.45) is 4.99 Å². The second-order valence-corrected chi connectivity index (χ2v) is 7.91. The van der Waals surface area contributed by atoms with Gasteiger partial charge in [-0.15, -0.1) is 35.3 Å². The molecule has 0 spiro atoms. The van der Waals surface area contributed by atoms with Crippen LogP contribution in [0.5, 0.6) is 0 Å². The molecular weight excluding hydrogens is 529 g/mol. The van der Waals surface area contributed by atoms with Gasteiger partial charge < -0.3 is 10.6 Å². The average molecular weight is 556 g/mol. The van der Waals surface area contributed by atoms with Crippen molar-refractivity contribution in [3.63, 3.8) is 0 Å². The molecule has 3 aromatic rings. The number of aromatic nitrogens is 2. The molecule has 1 aromatic carbocycles. The van der Waals surface area contributed by atoms with Gasteiger partial charge in [0.25, 0.3) is 0 Å². The fourth-order valence-corrected chi connectivity index (χ4v) is 3.71. The smallest absolute Gasteiger partial charge is 0.191 e. The number of pyridine rings is 1. The van der Waals surface area contributed by atoms with Crippen molar-refractivity contribution < 1.29 is 0 Å². The van der Waals surface area contributed by atoms with Gasteiger partial charge in [-0.2, -0.15) is 0 Å². The second kappa shape index (κ2) is 13.6. The molecule has 3 rings (SSSR count). The molecule has 2 N–H and O–H groups in total. The summed E-state index contributed by atoms with van der Waals surface area (Å²) in [5, 5.41) is 10.4. The summed E-state index contributed by atoms with van der Waals surface area (Å²) in [5.74, 6) is 0.799. The van der Waals surface area contributed by atoms with E-state index in [1.807, 2.05) is 18.2 Å². The zero-order valence-electron chi connectivity index (χ0n) is 17.0. The fourth-order valence-electron chi connectivity index (χ4n) is 2.81. The summed E-state index contributed by atoms with van der Waals surface area (Å²) >= 11 is 7.54. The fraction of sp³-hybridized carbons (Fsp3) is 0.318. The maximum atomic E-state index is 5.83. The number of hydrogen-bond acceptors (Lipinski definition) is 4. The van der Waals surface area contributed by atoms with Crippen molar-refractivity contribution in [1.29, 1.82) is 0 Å². The van der Waals surface area contributed by atoms with Crippen LogP contribution in [0.2, 0.25) is 5.15 Å². The summed E-state index contributed by atoms with van der Waals surface area (Å²) < 4.78 is 0. The summed E-state index contributed by atoms with van der Waals surface area (Å²) in [7, 11) is 0. The Bertz CT molecular complexity index is 899. The molecule has 5 nitrogen and oxygen atoms in total. The van der Waals surface area contributed by atoms with Crippen LogP contribution in [0, 0.1) is 0 Å². The highest BCUT2D eigenvalue weighted by Gasteiger charge is 2.04. The Morgan fingerprint density at radius 1 is 1.03 bits per heavy atom. The van der Waals surface area contributed by atoms with Crippen LogP contribution in [0.1, 0.15) is 28.8 Å². The maximum Gasteiger partial charge on any atom is 0.191 e. The molecule has 8 heteroatoms. The second-order valence-electron chi connectivity index (χ2n) is 6.58. The van der Waals surface area contributed by atoms with Gasteiger partial charge in [-0.25, -0.2) is 15.0 Å². The van der Waals surface area contributed by atoms with E-state index in [-0.39, 0.29) is 24.0 Å². The van der Waals surface area contributed by atoms with E-state index in [0.717, 1.165) is 54.6 Å². The van der Waals surface area contributed by atoms with E-state index in [1.54, 1.807) is 17.5 Å². The van der Waals surface area contributed by atoms with E-state index < -0.39 is 0 Å². The number of halogens is 2. The van der Waals surface area contributed by atoms with Gasteiger partial charge in [-0.05, 0) is 37.0 Å². The number of rotatable bonds is 9. The molecule has 0 atom stereocenters. The molecule has 160 valence electrons.